The van der Waals surface area contributed by atoms with Crippen LogP contribution in [0.2, 0.25) is 0 Å². The maximum absolute atomic E-state index is 12.6. The number of allylic oxidation sites excluding steroid dienone is 2. The average Bonchev–Trinajstić information content (AvgIpc) is 2.57. The van der Waals surface area contributed by atoms with Gasteiger partial charge in [-0.2, -0.15) is 0 Å². The van der Waals surface area contributed by atoms with Gasteiger partial charge < -0.3 is 9.47 Å². The summed E-state index contributed by atoms with van der Waals surface area (Å²) in [6.07, 6.45) is 4.40. The lowest BCUT2D eigenvalue weighted by molar-refractivity contribution is -0.184. The number of esters is 2. The summed E-state index contributed by atoms with van der Waals surface area (Å²) in [4.78, 5) is 49.1. The highest BCUT2D eigenvalue weighted by atomic mass is 31.1. The molecule has 0 amide bonds. The van der Waals surface area contributed by atoms with Crippen LogP contribution in [0.4, 0.5) is 0 Å². The Balaban J connectivity index is 2.84. The first-order valence-electron chi connectivity index (χ1n) is 9.02. The molecule has 0 aromatic carbocycles. The van der Waals surface area contributed by atoms with E-state index in [-0.39, 0.29) is 12.7 Å². The molecule has 160 valence electrons. The molecule has 1 aromatic heterocycles. The zero-order valence-electron chi connectivity index (χ0n) is 17.6. The van der Waals surface area contributed by atoms with Crippen LogP contribution in [0.5, 0.6) is 0 Å². The summed E-state index contributed by atoms with van der Waals surface area (Å²) >= 11 is 0. The summed E-state index contributed by atoms with van der Waals surface area (Å²) < 4.78 is 24.3. The van der Waals surface area contributed by atoms with Crippen molar-refractivity contribution < 1.29 is 23.6 Å². The van der Waals surface area contributed by atoms with Gasteiger partial charge >= 0.3 is 31.5 Å². The number of ether oxygens (including phenoxy) is 2. The van der Waals surface area contributed by atoms with Crippen LogP contribution in [0.3, 0.4) is 0 Å². The van der Waals surface area contributed by atoms with E-state index < -0.39 is 47.8 Å². The number of hydrogen-bond acceptors (Lipinski definition) is 7. The van der Waals surface area contributed by atoms with E-state index in [1.165, 1.54) is 22.9 Å². The van der Waals surface area contributed by atoms with E-state index >= 15 is 0 Å². The minimum atomic E-state index is -2.26. The molecule has 1 N–H and O–H groups in total. The Morgan fingerprint density at radius 3 is 2.03 bits per heavy atom. The minimum absolute atomic E-state index is 0.0348. The Bertz CT molecular complexity index is 873. The molecule has 0 fully saturated rings. The summed E-state index contributed by atoms with van der Waals surface area (Å²) in [5.74, 6) is -1.28. The highest BCUT2D eigenvalue weighted by Gasteiger charge is 2.41. The maximum Gasteiger partial charge on any atom is 0.451 e. The number of carbonyl (C=O) groups excluding carboxylic acids is 2. The van der Waals surface area contributed by atoms with Crippen LogP contribution in [-0.2, 0) is 30.2 Å². The van der Waals surface area contributed by atoms with E-state index in [9.17, 15) is 23.7 Å². The number of nitrogens with zero attached hydrogens (tertiary/aromatic N) is 1. The number of carbonyl (C=O) groups is 2. The van der Waals surface area contributed by atoms with Gasteiger partial charge in [0.25, 0.3) is 5.56 Å². The Labute approximate surface area is 169 Å². The fourth-order valence-corrected chi connectivity index (χ4v) is 2.67. The van der Waals surface area contributed by atoms with E-state index in [1.54, 1.807) is 47.6 Å². The van der Waals surface area contributed by atoms with Crippen molar-refractivity contribution in [1.82, 2.24) is 9.55 Å². The summed E-state index contributed by atoms with van der Waals surface area (Å²) in [6, 6.07) is -0.298. The quantitative estimate of drug-likeness (QED) is 0.307. The molecule has 1 rings (SSSR count). The van der Waals surface area contributed by atoms with E-state index in [4.69, 9.17) is 9.47 Å². The second-order valence-corrected chi connectivity index (χ2v) is 10.1. The first-order valence-corrected chi connectivity index (χ1v) is 10.5. The predicted molar refractivity (Wildman–Crippen MR) is 108 cm³/mol. The molecule has 1 heterocycles. The van der Waals surface area contributed by atoms with Gasteiger partial charge in [0.15, 0.2) is 6.16 Å². The second-order valence-electron chi connectivity index (χ2n) is 8.45. The van der Waals surface area contributed by atoms with Gasteiger partial charge in [-0.1, -0.05) is 10.6 Å². The van der Waals surface area contributed by atoms with Gasteiger partial charge in [-0.25, -0.2) is 4.79 Å². The number of rotatable bonds is 7. The highest BCUT2D eigenvalue weighted by Crippen LogP contribution is 2.34. The lowest BCUT2D eigenvalue weighted by Crippen LogP contribution is -2.33. The molecule has 0 aliphatic rings. The van der Waals surface area contributed by atoms with Crippen LogP contribution >= 0.6 is 7.80 Å². The molecular weight excluding hydrogens is 399 g/mol. The monoisotopic (exact) mass is 427 g/mol. The van der Waals surface area contributed by atoms with Crippen molar-refractivity contribution in [3.05, 3.63) is 45.3 Å². The molecule has 0 bridgehead atoms. The van der Waals surface area contributed by atoms with E-state index in [1.807, 2.05) is 0 Å². The van der Waals surface area contributed by atoms with Gasteiger partial charge in [0.05, 0.1) is 10.8 Å². The minimum Gasteiger partial charge on any atom is -0.384 e. The third kappa shape index (κ3) is 8.15. The highest BCUT2D eigenvalue weighted by molar-refractivity contribution is 7.45. The molecule has 1 aromatic rings. The van der Waals surface area contributed by atoms with Gasteiger partial charge in [-0.15, -0.1) is 0 Å². The van der Waals surface area contributed by atoms with Crippen molar-refractivity contribution in [3.63, 3.8) is 0 Å². The van der Waals surface area contributed by atoms with E-state index in [2.05, 4.69) is 4.98 Å². The Kier molecular flexibility index (Phi) is 8.26. The van der Waals surface area contributed by atoms with Crippen LogP contribution in [-0.4, -0.2) is 33.7 Å². The average molecular weight is 427 g/mol. The molecule has 0 spiro atoms. The third-order valence-electron chi connectivity index (χ3n) is 3.53. The lowest BCUT2D eigenvalue weighted by atomic mass is 9.97. The van der Waals surface area contributed by atoms with Gasteiger partial charge in [0, 0.05) is 18.8 Å². The second kappa shape index (κ2) is 9.78. The molecule has 9 nitrogen and oxygen atoms in total. The maximum atomic E-state index is 12.6. The molecule has 0 saturated carbocycles. The molecule has 1 unspecified atom stereocenters. The van der Waals surface area contributed by atoms with Crippen LogP contribution in [0.15, 0.2) is 34.0 Å². The summed E-state index contributed by atoms with van der Waals surface area (Å²) in [5.41, 5.74) is -2.78. The van der Waals surface area contributed by atoms with Crippen molar-refractivity contribution in [3.8, 4) is 0 Å². The topological polar surface area (TPSA) is 125 Å². The van der Waals surface area contributed by atoms with Crippen molar-refractivity contribution >= 4 is 19.7 Å². The van der Waals surface area contributed by atoms with E-state index in [0.717, 1.165) is 0 Å². The zero-order chi connectivity index (χ0) is 22.4. The van der Waals surface area contributed by atoms with Crippen LogP contribution in [0, 0.1) is 10.8 Å². The van der Waals surface area contributed by atoms with Crippen molar-refractivity contribution in [2.24, 2.45) is 10.8 Å². The zero-order valence-corrected chi connectivity index (χ0v) is 18.4. The first kappa shape index (κ1) is 24.5. The van der Waals surface area contributed by atoms with Gasteiger partial charge in [0.1, 0.15) is 0 Å². The molecule has 0 radical (unpaired) electrons. The molecular formula is C19H28N2O7P+. The Hall–Kier alpha value is -2.54. The molecule has 0 saturated heterocycles. The number of H-pyrrole nitrogens is 1. The Morgan fingerprint density at radius 2 is 1.59 bits per heavy atom. The molecule has 29 heavy (non-hydrogen) atoms. The molecule has 0 aliphatic heterocycles. The largest absolute Gasteiger partial charge is 0.451 e. The van der Waals surface area contributed by atoms with Crippen LogP contribution in [0.1, 0.15) is 41.5 Å². The van der Waals surface area contributed by atoms with Crippen molar-refractivity contribution in [2.45, 2.75) is 54.1 Å². The normalized spacial score (nSPS) is 12.9. The number of aromatic nitrogens is 2. The summed E-state index contributed by atoms with van der Waals surface area (Å²) in [7, 11) is -2.26. The number of aromatic amines is 1. The number of nitrogens with one attached hydrogen (secondary N) is 1. The van der Waals surface area contributed by atoms with Crippen molar-refractivity contribution in [2.75, 3.05) is 6.16 Å². The SMILES string of the molecule is CC(C)(C)C(=O)OC(OC(=O)C(C)(C)C)[P+](=O)C/C=C/Cn1ccc(=O)[nH]c1=O. The Morgan fingerprint density at radius 1 is 1.07 bits per heavy atom. The molecule has 0 aliphatic carbocycles. The number of hydrogen-bond donors (Lipinski definition) is 1. The first-order chi connectivity index (χ1) is 13.2. The smallest absolute Gasteiger partial charge is 0.384 e. The predicted octanol–water partition coefficient (Wildman–Crippen LogP) is 2.38. The van der Waals surface area contributed by atoms with Crippen LogP contribution < -0.4 is 11.2 Å². The fraction of sp³-hybridized carbons (Fsp3) is 0.579. The van der Waals surface area contributed by atoms with Gasteiger partial charge in [0.2, 0.25) is 0 Å². The fourth-order valence-electron chi connectivity index (χ4n) is 1.72. The molecule has 10 heteroatoms. The molecule has 1 atom stereocenters. The van der Waals surface area contributed by atoms with Crippen molar-refractivity contribution in [1.29, 1.82) is 0 Å². The van der Waals surface area contributed by atoms with Gasteiger partial charge in [-0.3, -0.25) is 23.9 Å². The summed E-state index contributed by atoms with van der Waals surface area (Å²) in [5, 5.41) is 0. The van der Waals surface area contributed by atoms with Gasteiger partial charge in [-0.05, 0) is 47.6 Å². The third-order valence-corrected chi connectivity index (χ3v) is 4.78. The van der Waals surface area contributed by atoms with Crippen LogP contribution in [0.25, 0.3) is 0 Å². The van der Waals surface area contributed by atoms with E-state index in [0.29, 0.717) is 0 Å². The lowest BCUT2D eigenvalue weighted by Gasteiger charge is -2.21. The summed E-state index contributed by atoms with van der Waals surface area (Å²) in [6.45, 7) is 9.94. The standard InChI is InChI=1S/C19H27N2O7P/c1-18(2,3)14(23)27-17(28-15(24)19(4,5)6)29(26)12-8-7-10-21-11-9-13(22)20-16(21)25/h7-9,11,17H,10,12H2,1-6H3/p+1/b8-7+.